The second-order valence-corrected chi connectivity index (χ2v) is 16.3. The first-order valence-corrected chi connectivity index (χ1v) is 20.3. The van der Waals surface area contributed by atoms with Gasteiger partial charge in [-0.15, -0.1) is 11.3 Å². The van der Waals surface area contributed by atoms with Crippen LogP contribution < -0.4 is 5.32 Å². The van der Waals surface area contributed by atoms with Crippen LogP contribution >= 0.6 is 11.3 Å². The van der Waals surface area contributed by atoms with Gasteiger partial charge in [-0.2, -0.15) is 0 Å². The van der Waals surface area contributed by atoms with Gasteiger partial charge >= 0.3 is 11.9 Å². The summed E-state index contributed by atoms with van der Waals surface area (Å²) in [7, 11) is 3.11. The lowest BCUT2D eigenvalue weighted by molar-refractivity contribution is -0.153. The molecule has 1 N–H and O–H groups in total. The number of ether oxygens (including phenoxy) is 3. The second kappa shape index (κ2) is 20.3. The molecule has 2 saturated heterocycles. The summed E-state index contributed by atoms with van der Waals surface area (Å²) in [6, 6.07) is 7.13. The van der Waals surface area contributed by atoms with Crippen LogP contribution in [0.3, 0.4) is 0 Å². The number of Topliss-reactive ketones (excluding diaryl/α,β-unsaturated/α-hetero) is 1. The molecule has 1 aromatic carbocycles. The lowest BCUT2D eigenvalue weighted by Gasteiger charge is -2.40. The highest BCUT2D eigenvalue weighted by molar-refractivity contribution is 7.09. The maximum atomic E-state index is 14.3. The van der Waals surface area contributed by atoms with Gasteiger partial charge in [0.25, 0.3) is 5.91 Å². The summed E-state index contributed by atoms with van der Waals surface area (Å²) in [6.07, 6.45) is 3.40. The van der Waals surface area contributed by atoms with Gasteiger partial charge in [-0.3, -0.25) is 28.9 Å². The summed E-state index contributed by atoms with van der Waals surface area (Å²) in [4.78, 5) is 74.9. The van der Waals surface area contributed by atoms with Gasteiger partial charge in [0.1, 0.15) is 10.7 Å². The molecule has 4 rings (SSSR count). The van der Waals surface area contributed by atoms with Gasteiger partial charge in [0, 0.05) is 50.2 Å². The normalized spacial score (nSPS) is 19.2. The fourth-order valence-corrected chi connectivity index (χ4v) is 8.51. The first-order valence-electron chi connectivity index (χ1n) is 19.4. The molecule has 1 aromatic heterocycles. The molecule has 13 heteroatoms. The van der Waals surface area contributed by atoms with E-state index in [0.717, 1.165) is 43.5 Å². The summed E-state index contributed by atoms with van der Waals surface area (Å²) in [6.45, 7) is 13.8. The van der Waals surface area contributed by atoms with Crippen molar-refractivity contribution in [1.29, 1.82) is 0 Å². The van der Waals surface area contributed by atoms with E-state index >= 15 is 0 Å². The van der Waals surface area contributed by atoms with Gasteiger partial charge in [0.2, 0.25) is 5.91 Å². The molecule has 0 aliphatic carbocycles. The number of thiazole rings is 1. The fourth-order valence-electron chi connectivity index (χ4n) is 7.68. The number of likely N-dealkylation sites (tertiary alicyclic amines) is 1. The third-order valence-corrected chi connectivity index (χ3v) is 11.9. The van der Waals surface area contributed by atoms with Crippen LogP contribution in [0.5, 0.6) is 0 Å². The number of hydrogen-bond donors (Lipinski definition) is 1. The highest BCUT2D eigenvalue weighted by atomic mass is 32.1. The summed E-state index contributed by atoms with van der Waals surface area (Å²) in [5.74, 6) is -2.27. The van der Waals surface area contributed by atoms with Crippen LogP contribution in [-0.2, 0) is 39.8 Å². The molecule has 6 atom stereocenters. The van der Waals surface area contributed by atoms with E-state index in [9.17, 15) is 24.0 Å². The molecule has 3 heterocycles. The molecule has 298 valence electrons. The number of benzene rings is 1. The minimum Gasteiger partial charge on any atom is -0.469 e. The largest absolute Gasteiger partial charge is 0.469 e. The summed E-state index contributed by atoms with van der Waals surface area (Å²) < 4.78 is 16.3. The summed E-state index contributed by atoms with van der Waals surface area (Å²) in [5.41, 5.74) is 2.31. The van der Waals surface area contributed by atoms with Gasteiger partial charge in [0.05, 0.1) is 38.2 Å². The number of aromatic nitrogens is 1. The van der Waals surface area contributed by atoms with Crippen molar-refractivity contribution in [3.8, 4) is 0 Å². The molecule has 0 bridgehead atoms. The average Bonchev–Trinajstić information content (AvgIpc) is 3.62. The van der Waals surface area contributed by atoms with E-state index in [2.05, 4.69) is 22.1 Å². The highest BCUT2D eigenvalue weighted by Crippen LogP contribution is 2.34. The van der Waals surface area contributed by atoms with Crippen molar-refractivity contribution in [2.24, 2.45) is 23.7 Å². The predicted molar refractivity (Wildman–Crippen MR) is 207 cm³/mol. The van der Waals surface area contributed by atoms with E-state index in [-0.39, 0.29) is 66.2 Å². The number of amides is 2. The van der Waals surface area contributed by atoms with Crippen molar-refractivity contribution in [3.05, 3.63) is 51.5 Å². The Hall–Kier alpha value is -3.68. The molecule has 54 heavy (non-hydrogen) atoms. The second-order valence-electron chi connectivity index (χ2n) is 15.4. The topological polar surface area (TPSA) is 144 Å². The zero-order valence-corrected chi connectivity index (χ0v) is 34.1. The fraction of sp³-hybridized carbons (Fsp3) is 0.659. The molecule has 2 aliphatic heterocycles. The quantitative estimate of drug-likeness (QED) is 0.180. The Morgan fingerprint density at radius 2 is 1.78 bits per heavy atom. The molecule has 2 amide bonds. The van der Waals surface area contributed by atoms with Crippen molar-refractivity contribution >= 4 is 40.9 Å². The monoisotopic (exact) mass is 768 g/mol. The minimum atomic E-state index is -0.813. The van der Waals surface area contributed by atoms with Crippen molar-refractivity contribution in [1.82, 2.24) is 20.1 Å². The van der Waals surface area contributed by atoms with E-state index in [1.807, 2.05) is 45.0 Å². The molecule has 2 aliphatic rings. The van der Waals surface area contributed by atoms with Crippen LogP contribution in [0.25, 0.3) is 0 Å². The number of hydrogen-bond acceptors (Lipinski definition) is 11. The third kappa shape index (κ3) is 11.7. The standard InChI is InChI=1S/C41H60N4O8S/c1-9-45-17-11-10-12-34(45)36(47)20-32(30-22-52-23-30)40(49)44(7)35(25(2)3)21-37(53-28(6)46)39-43-33(24-54-39)38(48)42-31(18-27(5)41(50)51-8)19-29-15-13-26(4)14-16-29/h13-16,24-25,27,30-32,34-35,37H,9-12,17-23H2,1-8H3,(H,42,48)/t27-,31+,32-,34+,35+,37+/m0/s1. The first kappa shape index (κ1) is 43.1. The number of nitrogens with one attached hydrogen (secondary N) is 1. The number of carbonyl (C=O) groups is 5. The van der Waals surface area contributed by atoms with Crippen LogP contribution in [0.1, 0.15) is 106 Å². The predicted octanol–water partition coefficient (Wildman–Crippen LogP) is 5.57. The Morgan fingerprint density at radius 1 is 1.07 bits per heavy atom. The van der Waals surface area contributed by atoms with E-state index in [4.69, 9.17) is 14.2 Å². The van der Waals surface area contributed by atoms with Crippen molar-refractivity contribution < 1.29 is 38.2 Å². The van der Waals surface area contributed by atoms with Crippen LogP contribution in [-0.4, -0.2) is 103 Å². The van der Waals surface area contributed by atoms with Crippen molar-refractivity contribution in [2.45, 2.75) is 111 Å². The van der Waals surface area contributed by atoms with Crippen molar-refractivity contribution in [3.63, 3.8) is 0 Å². The minimum absolute atomic E-state index is 0.0259. The Bertz CT molecular complexity index is 1570. The smallest absolute Gasteiger partial charge is 0.308 e. The van der Waals surface area contributed by atoms with Crippen LogP contribution in [0.2, 0.25) is 0 Å². The molecule has 0 saturated carbocycles. The molecule has 2 fully saturated rings. The summed E-state index contributed by atoms with van der Waals surface area (Å²) >= 11 is 1.21. The van der Waals surface area contributed by atoms with Crippen molar-refractivity contribution in [2.75, 3.05) is 40.5 Å². The Balaban J connectivity index is 1.51. The maximum Gasteiger partial charge on any atom is 0.308 e. The third-order valence-electron chi connectivity index (χ3n) is 11.0. The average molecular weight is 769 g/mol. The van der Waals surface area contributed by atoms with Gasteiger partial charge in [-0.1, -0.05) is 63.9 Å². The number of likely N-dealkylation sites (N-methyl/N-ethyl adjacent to an activating group) is 1. The Labute approximate surface area is 324 Å². The van der Waals surface area contributed by atoms with Gasteiger partial charge in [-0.05, 0) is 57.2 Å². The molecule has 2 aromatic rings. The molecule has 0 spiro atoms. The van der Waals surface area contributed by atoms with Crippen LogP contribution in [0, 0.1) is 30.6 Å². The zero-order chi connectivity index (χ0) is 39.5. The lowest BCUT2D eigenvalue weighted by atomic mass is 9.82. The number of methoxy groups -OCH3 is 1. The molecule has 0 radical (unpaired) electrons. The van der Waals surface area contributed by atoms with E-state index < -0.39 is 29.8 Å². The molecular weight excluding hydrogens is 709 g/mol. The summed E-state index contributed by atoms with van der Waals surface area (Å²) in [5, 5.41) is 5.14. The van der Waals surface area contributed by atoms with Gasteiger partial charge in [-0.25, -0.2) is 4.98 Å². The zero-order valence-electron chi connectivity index (χ0n) is 33.3. The van der Waals surface area contributed by atoms with Gasteiger partial charge < -0.3 is 24.4 Å². The number of esters is 2. The first-order chi connectivity index (χ1) is 25.7. The van der Waals surface area contributed by atoms with Crippen LogP contribution in [0.15, 0.2) is 29.6 Å². The Kier molecular flexibility index (Phi) is 16.2. The molecule has 0 unspecified atom stereocenters. The number of rotatable bonds is 19. The van der Waals surface area contributed by atoms with E-state index in [0.29, 0.717) is 31.1 Å². The van der Waals surface area contributed by atoms with E-state index in [1.165, 1.54) is 25.4 Å². The number of carbonyl (C=O) groups excluding carboxylic acids is 5. The maximum absolute atomic E-state index is 14.3. The van der Waals surface area contributed by atoms with Gasteiger partial charge in [0.15, 0.2) is 11.9 Å². The number of aryl methyl sites for hydroxylation is 1. The highest BCUT2D eigenvalue weighted by Gasteiger charge is 2.41. The van der Waals surface area contributed by atoms with Crippen LogP contribution in [0.4, 0.5) is 0 Å². The molecular formula is C41H60N4O8S. The lowest BCUT2D eigenvalue weighted by Crippen LogP contribution is -2.51. The SMILES string of the molecule is CCN1CCCC[C@@H]1C(=O)C[C@H](C(=O)N(C)[C@H](C[C@@H](OC(C)=O)c1nc(C(=O)N[C@@H](Cc2ccc(C)cc2)C[C@H](C)C(=O)OC)cs1)C(C)C)C1COC1. The Morgan fingerprint density at radius 3 is 2.37 bits per heavy atom. The number of nitrogens with zero attached hydrogens (tertiary/aromatic N) is 3. The molecule has 12 nitrogen and oxygen atoms in total. The van der Waals surface area contributed by atoms with E-state index in [1.54, 1.807) is 24.3 Å². The number of ketones is 1. The number of piperidine rings is 1.